The number of aromatic nitrogens is 1. The summed E-state index contributed by atoms with van der Waals surface area (Å²) in [6.07, 6.45) is 4.87. The highest BCUT2D eigenvalue weighted by atomic mass is 32.2. The van der Waals surface area contributed by atoms with E-state index in [0.717, 1.165) is 5.57 Å². The van der Waals surface area contributed by atoms with Crippen LogP contribution in [0.2, 0.25) is 0 Å². The highest BCUT2D eigenvalue weighted by molar-refractivity contribution is 7.92. The predicted octanol–water partition coefficient (Wildman–Crippen LogP) is 0.520. The van der Waals surface area contributed by atoms with Gasteiger partial charge in [0.2, 0.25) is 10.0 Å². The number of pyridine rings is 1. The minimum atomic E-state index is -3.76. The molecule has 2 aliphatic rings. The fourth-order valence-corrected chi connectivity index (χ4v) is 7.17. The Kier molecular flexibility index (Phi) is 5.02. The van der Waals surface area contributed by atoms with Gasteiger partial charge in [-0.25, -0.2) is 16.8 Å². The topological polar surface area (TPSA) is 87.7 Å². The van der Waals surface area contributed by atoms with Gasteiger partial charge in [-0.1, -0.05) is 11.6 Å². The maximum atomic E-state index is 13.0. The van der Waals surface area contributed by atoms with Crippen molar-refractivity contribution in [1.29, 1.82) is 0 Å². The van der Waals surface area contributed by atoms with Crippen molar-refractivity contribution >= 4 is 19.9 Å². The van der Waals surface area contributed by atoms with Crippen molar-refractivity contribution in [1.82, 2.24) is 14.2 Å². The summed E-state index contributed by atoms with van der Waals surface area (Å²) < 4.78 is 51.7. The Labute approximate surface area is 149 Å². The van der Waals surface area contributed by atoms with Crippen molar-refractivity contribution in [2.75, 3.05) is 31.1 Å². The Hall–Kier alpha value is -1.29. The van der Waals surface area contributed by atoms with Crippen LogP contribution < -0.4 is 0 Å². The largest absolute Gasteiger partial charge is 0.293 e. The summed E-state index contributed by atoms with van der Waals surface area (Å²) in [7, 11) is -7.02. The third-order valence-corrected chi connectivity index (χ3v) is 8.32. The van der Waals surface area contributed by atoms with E-state index in [9.17, 15) is 16.8 Å². The minimum absolute atomic E-state index is 0.00727. The van der Waals surface area contributed by atoms with Gasteiger partial charge in [-0.3, -0.25) is 9.88 Å². The first-order valence-corrected chi connectivity index (χ1v) is 11.5. The lowest BCUT2D eigenvalue weighted by molar-refractivity contribution is 0.107. The zero-order chi connectivity index (χ0) is 18.2. The van der Waals surface area contributed by atoms with Crippen LogP contribution in [0.15, 0.2) is 41.1 Å². The molecule has 0 radical (unpaired) electrons. The lowest BCUT2D eigenvalue weighted by Crippen LogP contribution is -2.60. The molecule has 2 fully saturated rings. The minimum Gasteiger partial charge on any atom is -0.293 e. The van der Waals surface area contributed by atoms with Gasteiger partial charge >= 0.3 is 0 Å². The van der Waals surface area contributed by atoms with Gasteiger partial charge in [0.05, 0.1) is 17.5 Å². The van der Waals surface area contributed by atoms with Crippen LogP contribution in [0.1, 0.15) is 13.8 Å². The highest BCUT2D eigenvalue weighted by Gasteiger charge is 2.50. The van der Waals surface area contributed by atoms with Crippen LogP contribution in [0.5, 0.6) is 0 Å². The number of rotatable bonds is 4. The van der Waals surface area contributed by atoms with Crippen molar-refractivity contribution in [3.63, 3.8) is 0 Å². The van der Waals surface area contributed by atoms with E-state index in [1.807, 2.05) is 19.9 Å². The summed E-state index contributed by atoms with van der Waals surface area (Å²) in [5, 5.41) is 0. The second-order valence-electron chi connectivity index (χ2n) is 6.79. The number of piperazine rings is 1. The van der Waals surface area contributed by atoms with E-state index in [4.69, 9.17) is 0 Å². The van der Waals surface area contributed by atoms with Gasteiger partial charge < -0.3 is 0 Å². The monoisotopic (exact) mass is 385 g/mol. The molecule has 0 spiro atoms. The summed E-state index contributed by atoms with van der Waals surface area (Å²) in [5.74, 6) is -0.115. The van der Waals surface area contributed by atoms with E-state index in [1.54, 1.807) is 6.07 Å². The first-order valence-electron chi connectivity index (χ1n) is 8.20. The van der Waals surface area contributed by atoms with E-state index in [0.29, 0.717) is 13.1 Å². The Bertz CT molecular complexity index is 862. The summed E-state index contributed by atoms with van der Waals surface area (Å²) in [6, 6.07) is 2.22. The number of hydrogen-bond donors (Lipinski definition) is 0. The molecule has 0 unspecified atom stereocenters. The van der Waals surface area contributed by atoms with Crippen molar-refractivity contribution in [3.8, 4) is 0 Å². The molecule has 0 aromatic carbocycles. The van der Waals surface area contributed by atoms with Crippen LogP contribution >= 0.6 is 0 Å². The van der Waals surface area contributed by atoms with Crippen LogP contribution in [-0.2, 0) is 19.9 Å². The maximum Gasteiger partial charge on any atom is 0.244 e. The third kappa shape index (κ3) is 3.79. The van der Waals surface area contributed by atoms with E-state index in [-0.39, 0.29) is 29.0 Å². The molecular weight excluding hydrogens is 362 g/mol. The van der Waals surface area contributed by atoms with Crippen LogP contribution in [0.4, 0.5) is 0 Å². The second-order valence-corrected chi connectivity index (χ2v) is 10.8. The molecular formula is C16H23N3O4S2. The van der Waals surface area contributed by atoms with Crippen molar-refractivity contribution in [3.05, 3.63) is 36.2 Å². The molecule has 0 N–H and O–H groups in total. The smallest absolute Gasteiger partial charge is 0.244 e. The molecule has 25 heavy (non-hydrogen) atoms. The molecule has 3 heterocycles. The van der Waals surface area contributed by atoms with Gasteiger partial charge in [-0.2, -0.15) is 4.31 Å². The fraction of sp³-hybridized carbons (Fsp3) is 0.562. The number of allylic oxidation sites excluding steroid dienone is 1. The molecule has 2 saturated heterocycles. The zero-order valence-corrected chi connectivity index (χ0v) is 16.0. The molecule has 2 aliphatic heterocycles. The Morgan fingerprint density at radius 3 is 2.64 bits per heavy atom. The van der Waals surface area contributed by atoms with E-state index < -0.39 is 25.9 Å². The van der Waals surface area contributed by atoms with Crippen LogP contribution in [0, 0.1) is 0 Å². The molecule has 2 atom stereocenters. The number of hydrogen-bond acceptors (Lipinski definition) is 6. The van der Waals surface area contributed by atoms with Gasteiger partial charge in [0.15, 0.2) is 9.84 Å². The first-order chi connectivity index (χ1) is 11.7. The molecule has 0 amide bonds. The summed E-state index contributed by atoms with van der Waals surface area (Å²) >= 11 is 0. The van der Waals surface area contributed by atoms with Crippen molar-refractivity contribution in [2.24, 2.45) is 0 Å². The van der Waals surface area contributed by atoms with Crippen LogP contribution in [0.25, 0.3) is 0 Å². The van der Waals surface area contributed by atoms with Gasteiger partial charge in [0.1, 0.15) is 4.90 Å². The van der Waals surface area contributed by atoms with Gasteiger partial charge in [-0.15, -0.1) is 0 Å². The number of fused-ring (bicyclic) bond motifs is 1. The van der Waals surface area contributed by atoms with Crippen molar-refractivity contribution < 1.29 is 16.8 Å². The Morgan fingerprint density at radius 2 is 2.00 bits per heavy atom. The third-order valence-electron chi connectivity index (χ3n) is 4.72. The molecule has 0 saturated carbocycles. The lowest BCUT2D eigenvalue weighted by atomic mass is 10.1. The van der Waals surface area contributed by atoms with E-state index >= 15 is 0 Å². The van der Waals surface area contributed by atoms with Crippen molar-refractivity contribution in [2.45, 2.75) is 30.8 Å². The standard InChI is InChI=1S/C16H23N3O4S2/c1-13(2)5-7-18-8-9-19(16-12-24(20,21)11-15(16)18)25(22,23)14-4-3-6-17-10-14/h3-6,10,15-16H,7-9,11-12H2,1-2H3/t15-,16+/m1/s1. The molecule has 0 bridgehead atoms. The molecule has 9 heteroatoms. The SMILES string of the molecule is CC(C)=CCN1CCN(S(=O)(=O)c2cccnc2)[C@H]2CS(=O)(=O)C[C@H]21. The maximum absolute atomic E-state index is 13.0. The Balaban J connectivity index is 1.92. The summed E-state index contributed by atoms with van der Waals surface area (Å²) in [4.78, 5) is 6.07. The average molecular weight is 386 g/mol. The van der Waals surface area contributed by atoms with Gasteiger partial charge in [0.25, 0.3) is 0 Å². The fourth-order valence-electron chi connectivity index (χ4n) is 3.45. The molecule has 7 nitrogen and oxygen atoms in total. The quantitative estimate of drug-likeness (QED) is 0.702. The van der Waals surface area contributed by atoms with Gasteiger partial charge in [0, 0.05) is 38.1 Å². The van der Waals surface area contributed by atoms with Crippen LogP contribution in [-0.4, -0.2) is 74.2 Å². The first kappa shape index (κ1) is 18.5. The van der Waals surface area contributed by atoms with E-state index in [2.05, 4.69) is 9.88 Å². The molecule has 138 valence electrons. The Morgan fingerprint density at radius 1 is 1.28 bits per heavy atom. The normalized spacial score (nSPS) is 27.0. The number of nitrogens with zero attached hydrogens (tertiary/aromatic N) is 3. The highest BCUT2D eigenvalue weighted by Crippen LogP contribution is 2.31. The summed E-state index contributed by atoms with van der Waals surface area (Å²) in [5.41, 5.74) is 1.16. The van der Waals surface area contributed by atoms with Crippen LogP contribution in [0.3, 0.4) is 0 Å². The predicted molar refractivity (Wildman–Crippen MR) is 95.4 cm³/mol. The summed E-state index contributed by atoms with van der Waals surface area (Å²) in [6.45, 7) is 5.42. The second kappa shape index (κ2) is 6.79. The average Bonchev–Trinajstić information content (AvgIpc) is 2.88. The lowest BCUT2D eigenvalue weighted by Gasteiger charge is -2.42. The molecule has 1 aromatic heterocycles. The zero-order valence-electron chi connectivity index (χ0n) is 14.4. The molecule has 3 rings (SSSR count). The van der Waals surface area contributed by atoms with Gasteiger partial charge in [-0.05, 0) is 26.0 Å². The molecule has 0 aliphatic carbocycles. The number of sulfone groups is 1. The number of sulfonamides is 1. The van der Waals surface area contributed by atoms with E-state index in [1.165, 1.54) is 22.8 Å². The molecule has 1 aromatic rings.